The molecule has 2 aliphatic rings. The highest BCUT2D eigenvalue weighted by Gasteiger charge is 2.55. The number of imide groups is 1. The molecule has 4 nitrogen and oxygen atoms in total. The van der Waals surface area contributed by atoms with E-state index in [0.29, 0.717) is 6.42 Å². The van der Waals surface area contributed by atoms with Crippen molar-refractivity contribution in [2.75, 3.05) is 7.05 Å². The molecule has 1 aromatic carbocycles. The summed E-state index contributed by atoms with van der Waals surface area (Å²) in [6.07, 6.45) is 1.50. The van der Waals surface area contributed by atoms with Crippen molar-refractivity contribution in [3.8, 4) is 0 Å². The number of nitrogens with one attached hydrogen (secondary N) is 1. The second kappa shape index (κ2) is 4.07. The topological polar surface area (TPSA) is 49.4 Å². The van der Waals surface area contributed by atoms with Gasteiger partial charge < -0.3 is 5.32 Å². The number of hydrogen-bond acceptors (Lipinski definition) is 2. The Morgan fingerprint density at radius 2 is 1.90 bits per heavy atom. The molecule has 1 unspecified atom stereocenters. The summed E-state index contributed by atoms with van der Waals surface area (Å²) >= 11 is 3.47. The smallest absolute Gasteiger partial charge is 0.319 e. The summed E-state index contributed by atoms with van der Waals surface area (Å²) in [7, 11) is 1.53. The van der Waals surface area contributed by atoms with E-state index in [1.165, 1.54) is 11.9 Å². The van der Waals surface area contributed by atoms with Crippen LogP contribution in [-0.2, 0) is 15.7 Å². The molecule has 1 aliphatic carbocycles. The van der Waals surface area contributed by atoms with E-state index in [0.717, 1.165) is 22.0 Å². The molecule has 0 saturated carbocycles. The maximum absolute atomic E-state index is 12.6. The van der Waals surface area contributed by atoms with Crippen LogP contribution in [0.3, 0.4) is 0 Å². The summed E-state index contributed by atoms with van der Waals surface area (Å²) in [5.74, 6) is -0.155. The van der Waals surface area contributed by atoms with E-state index < -0.39 is 5.54 Å². The Balaban J connectivity index is 2.25. The summed E-state index contributed by atoms with van der Waals surface area (Å²) in [6.45, 7) is 4.36. The SMILES string of the molecule is CN1C(=O)NC2(CCC(C)(C)c3ccc(Br)cc32)C1=O. The minimum atomic E-state index is -0.888. The van der Waals surface area contributed by atoms with Crippen molar-refractivity contribution < 1.29 is 9.59 Å². The lowest BCUT2D eigenvalue weighted by molar-refractivity contribution is -0.131. The molecular weight excluding hydrogens is 320 g/mol. The molecule has 1 spiro atoms. The Hall–Kier alpha value is -1.36. The van der Waals surface area contributed by atoms with Crippen LogP contribution in [0.2, 0.25) is 0 Å². The summed E-state index contributed by atoms with van der Waals surface area (Å²) in [5.41, 5.74) is 1.18. The number of halogens is 1. The first-order chi connectivity index (χ1) is 9.28. The molecule has 3 rings (SSSR count). The Kier molecular flexibility index (Phi) is 2.77. The summed E-state index contributed by atoms with van der Waals surface area (Å²) in [6, 6.07) is 5.69. The maximum atomic E-state index is 12.6. The first-order valence-electron chi connectivity index (χ1n) is 6.69. The van der Waals surface area contributed by atoms with Crippen LogP contribution in [0.25, 0.3) is 0 Å². The van der Waals surface area contributed by atoms with Crippen molar-refractivity contribution >= 4 is 27.9 Å². The number of fused-ring (bicyclic) bond motifs is 2. The summed E-state index contributed by atoms with van der Waals surface area (Å²) < 4.78 is 0.921. The first kappa shape index (κ1) is 13.6. The van der Waals surface area contributed by atoms with Crippen LogP contribution in [0.15, 0.2) is 22.7 Å². The van der Waals surface area contributed by atoms with Crippen LogP contribution in [0.1, 0.15) is 37.8 Å². The van der Waals surface area contributed by atoms with Crippen LogP contribution in [0.4, 0.5) is 4.79 Å². The van der Waals surface area contributed by atoms with Gasteiger partial charge in [-0.1, -0.05) is 35.8 Å². The van der Waals surface area contributed by atoms with Gasteiger partial charge in [-0.3, -0.25) is 9.69 Å². The molecule has 1 heterocycles. The van der Waals surface area contributed by atoms with E-state index in [1.807, 2.05) is 12.1 Å². The molecule has 1 N–H and O–H groups in total. The summed E-state index contributed by atoms with van der Waals surface area (Å²) in [5, 5.41) is 2.91. The van der Waals surface area contributed by atoms with Crippen molar-refractivity contribution in [1.82, 2.24) is 10.2 Å². The molecular formula is C15H17BrN2O2. The third-order valence-electron chi connectivity index (χ3n) is 4.59. The highest BCUT2D eigenvalue weighted by atomic mass is 79.9. The van der Waals surface area contributed by atoms with E-state index in [9.17, 15) is 9.59 Å². The van der Waals surface area contributed by atoms with Gasteiger partial charge in [0.1, 0.15) is 5.54 Å². The zero-order valence-corrected chi connectivity index (χ0v) is 13.4. The highest BCUT2D eigenvalue weighted by molar-refractivity contribution is 9.10. The minimum Gasteiger partial charge on any atom is -0.319 e. The minimum absolute atomic E-state index is 0.00739. The fraction of sp³-hybridized carbons (Fsp3) is 0.467. The van der Waals surface area contributed by atoms with Gasteiger partial charge in [0.25, 0.3) is 5.91 Å². The van der Waals surface area contributed by atoms with Crippen molar-refractivity contribution in [2.24, 2.45) is 0 Å². The van der Waals surface area contributed by atoms with Gasteiger partial charge in [0, 0.05) is 11.5 Å². The van der Waals surface area contributed by atoms with Gasteiger partial charge in [-0.25, -0.2) is 4.79 Å². The van der Waals surface area contributed by atoms with E-state index in [2.05, 4.69) is 41.2 Å². The fourth-order valence-electron chi connectivity index (χ4n) is 3.28. The number of hydrogen-bond donors (Lipinski definition) is 1. The molecule has 106 valence electrons. The largest absolute Gasteiger partial charge is 0.325 e. The van der Waals surface area contributed by atoms with Crippen molar-refractivity contribution in [1.29, 1.82) is 0 Å². The molecule has 0 aromatic heterocycles. The van der Waals surface area contributed by atoms with Gasteiger partial charge in [0.05, 0.1) is 0 Å². The fourth-order valence-corrected chi connectivity index (χ4v) is 3.64. The number of nitrogens with zero attached hydrogens (tertiary/aromatic N) is 1. The average Bonchev–Trinajstić information content (AvgIpc) is 2.60. The normalized spacial score (nSPS) is 27.7. The number of carbonyl (C=O) groups is 2. The van der Waals surface area contributed by atoms with Gasteiger partial charge in [-0.05, 0) is 41.5 Å². The van der Waals surface area contributed by atoms with Crippen LogP contribution < -0.4 is 5.32 Å². The molecule has 0 radical (unpaired) electrons. The predicted octanol–water partition coefficient (Wildman–Crippen LogP) is 2.90. The quantitative estimate of drug-likeness (QED) is 0.740. The molecule has 5 heteroatoms. The van der Waals surface area contributed by atoms with Crippen LogP contribution in [-0.4, -0.2) is 23.9 Å². The molecule has 1 saturated heterocycles. The number of amides is 3. The Labute approximate surface area is 126 Å². The zero-order chi connectivity index (χ0) is 14.7. The van der Waals surface area contributed by atoms with Crippen LogP contribution >= 0.6 is 15.9 Å². The number of carbonyl (C=O) groups excluding carboxylic acids is 2. The molecule has 3 amide bonds. The van der Waals surface area contributed by atoms with Gasteiger partial charge in [-0.15, -0.1) is 0 Å². The molecule has 20 heavy (non-hydrogen) atoms. The standard InChI is InChI=1S/C15H17BrN2O2/c1-14(2)6-7-15(12(19)18(3)13(20)17-15)11-8-9(16)4-5-10(11)14/h4-5,8H,6-7H2,1-3H3,(H,17,20). The lowest BCUT2D eigenvalue weighted by atomic mass is 9.65. The van der Waals surface area contributed by atoms with Gasteiger partial charge in [0.15, 0.2) is 0 Å². The average molecular weight is 337 g/mol. The lowest BCUT2D eigenvalue weighted by Crippen LogP contribution is -2.49. The third-order valence-corrected chi connectivity index (χ3v) is 5.08. The Morgan fingerprint density at radius 1 is 1.20 bits per heavy atom. The molecule has 1 atom stereocenters. The Morgan fingerprint density at radius 3 is 2.50 bits per heavy atom. The lowest BCUT2D eigenvalue weighted by Gasteiger charge is -2.41. The summed E-state index contributed by atoms with van der Waals surface area (Å²) in [4.78, 5) is 25.7. The molecule has 1 aromatic rings. The van der Waals surface area contributed by atoms with Crippen molar-refractivity contribution in [2.45, 2.75) is 37.6 Å². The predicted molar refractivity (Wildman–Crippen MR) is 79.4 cm³/mol. The van der Waals surface area contributed by atoms with Crippen molar-refractivity contribution in [3.63, 3.8) is 0 Å². The van der Waals surface area contributed by atoms with E-state index in [-0.39, 0.29) is 17.4 Å². The van der Waals surface area contributed by atoms with Gasteiger partial charge in [-0.2, -0.15) is 0 Å². The van der Waals surface area contributed by atoms with Crippen LogP contribution in [0.5, 0.6) is 0 Å². The van der Waals surface area contributed by atoms with Crippen molar-refractivity contribution in [3.05, 3.63) is 33.8 Å². The molecule has 0 bridgehead atoms. The second-order valence-electron chi connectivity index (χ2n) is 6.27. The maximum Gasteiger partial charge on any atom is 0.325 e. The van der Waals surface area contributed by atoms with E-state index >= 15 is 0 Å². The monoisotopic (exact) mass is 336 g/mol. The molecule has 1 aliphatic heterocycles. The Bertz CT molecular complexity index is 626. The van der Waals surface area contributed by atoms with Crippen LogP contribution in [0, 0.1) is 0 Å². The number of urea groups is 1. The molecule has 1 fully saturated rings. The van der Waals surface area contributed by atoms with E-state index in [1.54, 1.807) is 0 Å². The van der Waals surface area contributed by atoms with Gasteiger partial charge >= 0.3 is 6.03 Å². The highest BCUT2D eigenvalue weighted by Crippen LogP contribution is 2.47. The zero-order valence-electron chi connectivity index (χ0n) is 11.8. The second-order valence-corrected chi connectivity index (χ2v) is 7.19. The third kappa shape index (κ3) is 1.65. The number of likely N-dealkylation sites (N-methyl/N-ethyl adjacent to an activating group) is 1. The number of benzene rings is 1. The van der Waals surface area contributed by atoms with Gasteiger partial charge in [0.2, 0.25) is 0 Å². The number of rotatable bonds is 0. The van der Waals surface area contributed by atoms with E-state index in [4.69, 9.17) is 0 Å². The first-order valence-corrected chi connectivity index (χ1v) is 7.48.